The lowest BCUT2D eigenvalue weighted by Gasteiger charge is -2.05. The Balaban J connectivity index is 3.14. The highest BCUT2D eigenvalue weighted by Crippen LogP contribution is 2.26. The lowest BCUT2D eigenvalue weighted by atomic mass is 10.1. The summed E-state index contributed by atoms with van der Waals surface area (Å²) in [5, 5.41) is 16.1. The minimum Gasteiger partial charge on any atom is -0.304 e. The van der Waals surface area contributed by atoms with Gasteiger partial charge in [-0.05, 0) is 12.1 Å². The summed E-state index contributed by atoms with van der Waals surface area (Å²) in [6, 6.07) is 7.53. The third-order valence-electron chi connectivity index (χ3n) is 1.52. The molecule has 0 aliphatic carbocycles. The molecule has 0 saturated heterocycles. The lowest BCUT2D eigenvalue weighted by Crippen LogP contribution is -1.99. The first-order valence-corrected chi connectivity index (χ1v) is 5.14. The van der Waals surface area contributed by atoms with Crippen LogP contribution in [0.15, 0.2) is 27.1 Å². The number of halogens is 2. The van der Waals surface area contributed by atoms with Gasteiger partial charge in [0.2, 0.25) is 0 Å². The van der Waals surface area contributed by atoms with Crippen LogP contribution in [0.2, 0.25) is 0 Å². The monoisotopic (exact) mass is 300 g/mol. The van der Waals surface area contributed by atoms with Crippen LogP contribution in [0, 0.1) is 16.7 Å². The fourth-order valence-electron chi connectivity index (χ4n) is 0.954. The molecule has 0 aliphatic rings. The van der Waals surface area contributed by atoms with Gasteiger partial charge in [-0.1, -0.05) is 37.9 Å². The first kappa shape index (κ1) is 10.4. The fourth-order valence-corrected chi connectivity index (χ4v) is 2.43. The molecular weight excluding hydrogens is 296 g/mol. The van der Waals surface area contributed by atoms with Gasteiger partial charge in [-0.2, -0.15) is 5.26 Å². The van der Waals surface area contributed by atoms with Crippen LogP contribution in [0.1, 0.15) is 12.0 Å². The molecule has 0 heterocycles. The molecule has 1 rings (SSSR count). The maximum absolute atomic E-state index is 8.46. The number of rotatable bonds is 2. The highest BCUT2D eigenvalue weighted by atomic mass is 79.9. The van der Waals surface area contributed by atoms with Gasteiger partial charge in [-0.15, -0.1) is 0 Å². The van der Waals surface area contributed by atoms with Gasteiger partial charge >= 0.3 is 0 Å². The van der Waals surface area contributed by atoms with Crippen molar-refractivity contribution in [3.63, 3.8) is 0 Å². The molecule has 1 aromatic carbocycles. The van der Waals surface area contributed by atoms with Gasteiger partial charge in [0, 0.05) is 14.5 Å². The van der Waals surface area contributed by atoms with Gasteiger partial charge < -0.3 is 5.41 Å². The molecule has 0 bridgehead atoms. The molecule has 0 amide bonds. The minimum absolute atomic E-state index is 0.126. The molecule has 0 saturated carbocycles. The molecule has 66 valence electrons. The topological polar surface area (TPSA) is 47.6 Å². The summed E-state index contributed by atoms with van der Waals surface area (Å²) in [5.41, 5.74) is 1.07. The van der Waals surface area contributed by atoms with Crippen molar-refractivity contribution in [1.29, 1.82) is 10.7 Å². The summed E-state index contributed by atoms with van der Waals surface area (Å²) >= 11 is 6.67. The maximum Gasteiger partial charge on any atom is 0.0774 e. The number of hydrogen-bond donors (Lipinski definition) is 1. The number of hydrogen-bond acceptors (Lipinski definition) is 2. The highest BCUT2D eigenvalue weighted by molar-refractivity contribution is 9.11. The number of nitriles is 1. The van der Waals surface area contributed by atoms with Crippen molar-refractivity contribution >= 4 is 37.6 Å². The Kier molecular flexibility index (Phi) is 3.64. The molecule has 2 nitrogen and oxygen atoms in total. The van der Waals surface area contributed by atoms with E-state index < -0.39 is 0 Å². The van der Waals surface area contributed by atoms with Crippen LogP contribution in [-0.2, 0) is 0 Å². The molecule has 4 heteroatoms. The van der Waals surface area contributed by atoms with Gasteiger partial charge in [0.1, 0.15) is 0 Å². The van der Waals surface area contributed by atoms with E-state index in [1.54, 1.807) is 0 Å². The van der Waals surface area contributed by atoms with Crippen LogP contribution >= 0.6 is 31.9 Å². The van der Waals surface area contributed by atoms with E-state index in [0.29, 0.717) is 5.71 Å². The predicted molar refractivity (Wildman–Crippen MR) is 58.9 cm³/mol. The summed E-state index contributed by atoms with van der Waals surface area (Å²) in [6.07, 6.45) is 0.126. The van der Waals surface area contributed by atoms with E-state index in [0.717, 1.165) is 14.5 Å². The summed E-state index contributed by atoms with van der Waals surface area (Å²) in [4.78, 5) is 0. The second kappa shape index (κ2) is 4.54. The average molecular weight is 302 g/mol. The predicted octanol–water partition coefficient (Wildman–Crippen LogP) is 3.49. The van der Waals surface area contributed by atoms with Crippen molar-refractivity contribution in [2.75, 3.05) is 0 Å². The largest absolute Gasteiger partial charge is 0.304 e. The summed E-state index contributed by atoms with van der Waals surface area (Å²) < 4.78 is 1.67. The fraction of sp³-hybridized carbons (Fsp3) is 0.111. The van der Waals surface area contributed by atoms with Gasteiger partial charge in [-0.3, -0.25) is 0 Å². The summed E-state index contributed by atoms with van der Waals surface area (Å²) in [6.45, 7) is 0. The third kappa shape index (κ3) is 2.39. The standard InChI is InChI=1S/C9H6Br2N2/c10-6-2-1-3-7(11)9(6)8(13)4-5-12/h1-3,13H,4H2. The third-order valence-corrected chi connectivity index (χ3v) is 2.84. The second-order valence-corrected chi connectivity index (χ2v) is 4.12. The van der Waals surface area contributed by atoms with Crippen molar-refractivity contribution in [3.8, 4) is 6.07 Å². The molecule has 0 aromatic heterocycles. The van der Waals surface area contributed by atoms with Crippen molar-refractivity contribution in [1.82, 2.24) is 0 Å². The first-order chi connectivity index (χ1) is 6.16. The molecule has 0 fully saturated rings. The number of nitrogens with zero attached hydrogens (tertiary/aromatic N) is 1. The Morgan fingerprint density at radius 2 is 1.92 bits per heavy atom. The minimum atomic E-state index is 0.126. The molecule has 1 N–H and O–H groups in total. The van der Waals surface area contributed by atoms with Gasteiger partial charge in [0.05, 0.1) is 18.2 Å². The zero-order valence-electron chi connectivity index (χ0n) is 6.64. The highest BCUT2D eigenvalue weighted by Gasteiger charge is 2.09. The first-order valence-electron chi connectivity index (χ1n) is 3.55. The Labute approximate surface area is 93.3 Å². The quantitative estimate of drug-likeness (QED) is 0.835. The Morgan fingerprint density at radius 3 is 2.38 bits per heavy atom. The molecule has 13 heavy (non-hydrogen) atoms. The van der Waals surface area contributed by atoms with Crippen molar-refractivity contribution in [2.45, 2.75) is 6.42 Å². The smallest absolute Gasteiger partial charge is 0.0774 e. The Morgan fingerprint density at radius 1 is 1.38 bits per heavy atom. The van der Waals surface area contributed by atoms with E-state index >= 15 is 0 Å². The van der Waals surface area contributed by atoms with Crippen LogP contribution < -0.4 is 0 Å². The van der Waals surface area contributed by atoms with Crippen molar-refractivity contribution in [3.05, 3.63) is 32.7 Å². The van der Waals surface area contributed by atoms with E-state index in [1.165, 1.54) is 0 Å². The van der Waals surface area contributed by atoms with Gasteiger partial charge in [-0.25, -0.2) is 0 Å². The Bertz CT molecular complexity index is 359. The van der Waals surface area contributed by atoms with E-state index in [9.17, 15) is 0 Å². The second-order valence-electron chi connectivity index (χ2n) is 2.41. The molecule has 1 aromatic rings. The Hall–Kier alpha value is -0.660. The average Bonchev–Trinajstić information content (AvgIpc) is 2.04. The van der Waals surface area contributed by atoms with Crippen molar-refractivity contribution < 1.29 is 0 Å². The molecule has 0 spiro atoms. The van der Waals surface area contributed by atoms with Crippen LogP contribution in [0.3, 0.4) is 0 Å². The summed E-state index contributed by atoms with van der Waals surface area (Å²) in [5.74, 6) is 0. The van der Waals surface area contributed by atoms with Crippen LogP contribution in [0.5, 0.6) is 0 Å². The van der Waals surface area contributed by atoms with Gasteiger partial charge in [0.15, 0.2) is 0 Å². The van der Waals surface area contributed by atoms with Crippen molar-refractivity contribution in [2.24, 2.45) is 0 Å². The van der Waals surface area contributed by atoms with E-state index in [1.807, 2.05) is 24.3 Å². The molecule has 0 atom stereocenters. The van der Waals surface area contributed by atoms with Crippen LogP contribution in [-0.4, -0.2) is 5.71 Å². The normalized spacial score (nSPS) is 9.31. The number of benzene rings is 1. The van der Waals surface area contributed by atoms with E-state index in [4.69, 9.17) is 10.7 Å². The zero-order valence-corrected chi connectivity index (χ0v) is 9.81. The van der Waals surface area contributed by atoms with E-state index in [-0.39, 0.29) is 6.42 Å². The van der Waals surface area contributed by atoms with Gasteiger partial charge in [0.25, 0.3) is 0 Å². The van der Waals surface area contributed by atoms with Crippen LogP contribution in [0.25, 0.3) is 0 Å². The molecule has 0 unspecified atom stereocenters. The van der Waals surface area contributed by atoms with E-state index in [2.05, 4.69) is 31.9 Å². The molecule has 0 radical (unpaired) electrons. The lowest BCUT2D eigenvalue weighted by molar-refractivity contribution is 1.32. The number of nitrogens with one attached hydrogen (secondary N) is 1. The summed E-state index contributed by atoms with van der Waals surface area (Å²) in [7, 11) is 0. The zero-order chi connectivity index (χ0) is 9.84. The molecule has 0 aliphatic heterocycles. The molecular formula is C9H6Br2N2. The SMILES string of the molecule is N#CCC(=N)c1c(Br)cccc1Br. The van der Waals surface area contributed by atoms with Crippen LogP contribution in [0.4, 0.5) is 0 Å². The maximum atomic E-state index is 8.46.